The number of nitrogens with one attached hydrogen (secondary N) is 2. The van der Waals surface area contributed by atoms with Gasteiger partial charge in [-0.2, -0.15) is 0 Å². The number of ether oxygens (including phenoxy) is 2. The van der Waals surface area contributed by atoms with E-state index in [4.69, 9.17) is 21.1 Å². The van der Waals surface area contributed by atoms with Crippen LogP contribution >= 0.6 is 11.6 Å². The van der Waals surface area contributed by atoms with Gasteiger partial charge in [-0.1, -0.05) is 43.1 Å². The van der Waals surface area contributed by atoms with E-state index in [0.29, 0.717) is 23.4 Å². The molecule has 0 spiro atoms. The van der Waals surface area contributed by atoms with E-state index in [1.165, 1.54) is 6.92 Å². The predicted molar refractivity (Wildman–Crippen MR) is 110 cm³/mol. The van der Waals surface area contributed by atoms with Crippen molar-refractivity contribution < 1.29 is 28.7 Å². The molecule has 164 valence electrons. The van der Waals surface area contributed by atoms with Crippen LogP contribution in [0.2, 0.25) is 5.02 Å². The second kappa shape index (κ2) is 11.0. The van der Waals surface area contributed by atoms with Gasteiger partial charge in [0.1, 0.15) is 12.3 Å². The molecule has 2 rings (SSSR count). The smallest absolute Gasteiger partial charge is 0.410 e. The van der Waals surface area contributed by atoms with Crippen LogP contribution in [0, 0.1) is 0 Å². The van der Waals surface area contributed by atoms with Gasteiger partial charge in [0.05, 0.1) is 5.41 Å². The van der Waals surface area contributed by atoms with Crippen LogP contribution in [-0.2, 0) is 29.3 Å². The van der Waals surface area contributed by atoms with E-state index < -0.39 is 23.8 Å². The third kappa shape index (κ3) is 6.19. The molecule has 0 aliphatic heterocycles. The van der Waals surface area contributed by atoms with Crippen molar-refractivity contribution >= 4 is 35.4 Å². The third-order valence-electron chi connectivity index (χ3n) is 5.04. The third-order valence-corrected chi connectivity index (χ3v) is 5.37. The summed E-state index contributed by atoms with van der Waals surface area (Å²) in [5.74, 6) is -0.999. The predicted octanol–water partition coefficient (Wildman–Crippen LogP) is 2.86. The van der Waals surface area contributed by atoms with Crippen molar-refractivity contribution in [2.75, 3.05) is 13.1 Å². The maximum Gasteiger partial charge on any atom is 0.410 e. The van der Waals surface area contributed by atoms with E-state index in [2.05, 4.69) is 10.6 Å². The molecule has 0 radical (unpaired) electrons. The van der Waals surface area contributed by atoms with E-state index in [-0.39, 0.29) is 31.2 Å². The molecule has 1 aromatic rings. The number of carbonyl (C=O) groups excluding carboxylic acids is 4. The number of amides is 2. The first-order valence-corrected chi connectivity index (χ1v) is 10.3. The number of alkyl carbamates (subject to hydrolysis) is 1. The summed E-state index contributed by atoms with van der Waals surface area (Å²) in [6, 6.07) is 7.11. The monoisotopic (exact) mass is 438 g/mol. The molecular weight excluding hydrogens is 412 g/mol. The first-order chi connectivity index (χ1) is 14.3. The highest BCUT2D eigenvalue weighted by Crippen LogP contribution is 2.39. The summed E-state index contributed by atoms with van der Waals surface area (Å²) in [6.07, 6.45) is 0.888. The lowest BCUT2D eigenvalue weighted by atomic mass is 9.68. The van der Waals surface area contributed by atoms with E-state index >= 15 is 0 Å². The van der Waals surface area contributed by atoms with Gasteiger partial charge in [-0.15, -0.1) is 0 Å². The fourth-order valence-electron chi connectivity index (χ4n) is 3.47. The number of carbonyl (C=O) groups is 4. The highest BCUT2D eigenvalue weighted by atomic mass is 35.5. The second-order valence-corrected chi connectivity index (χ2v) is 7.55. The second-order valence-electron chi connectivity index (χ2n) is 7.14. The Kier molecular flexibility index (Phi) is 8.65. The maximum absolute atomic E-state index is 12.8. The zero-order valence-corrected chi connectivity index (χ0v) is 17.9. The van der Waals surface area contributed by atoms with Crippen LogP contribution in [0.1, 0.15) is 51.5 Å². The van der Waals surface area contributed by atoms with Crippen LogP contribution in [0.15, 0.2) is 24.3 Å². The summed E-state index contributed by atoms with van der Waals surface area (Å²) in [4.78, 5) is 47.9. The van der Waals surface area contributed by atoms with Gasteiger partial charge in [0.15, 0.2) is 0 Å². The van der Waals surface area contributed by atoms with Crippen molar-refractivity contribution in [3.63, 3.8) is 0 Å². The van der Waals surface area contributed by atoms with Gasteiger partial charge in [0.25, 0.3) is 0 Å². The van der Waals surface area contributed by atoms with Crippen molar-refractivity contribution in [3.8, 4) is 0 Å². The lowest BCUT2D eigenvalue weighted by Crippen LogP contribution is -2.49. The fourth-order valence-corrected chi connectivity index (χ4v) is 3.79. The lowest BCUT2D eigenvalue weighted by molar-refractivity contribution is -0.164. The number of hydrogen-bond donors (Lipinski definition) is 2. The van der Waals surface area contributed by atoms with Gasteiger partial charge in [-0.3, -0.25) is 14.4 Å². The summed E-state index contributed by atoms with van der Waals surface area (Å²) in [5.41, 5.74) is -0.234. The molecule has 9 heteroatoms. The summed E-state index contributed by atoms with van der Waals surface area (Å²) in [5, 5.41) is 5.46. The van der Waals surface area contributed by atoms with Crippen molar-refractivity contribution in [1.29, 1.82) is 0 Å². The summed E-state index contributed by atoms with van der Waals surface area (Å²) >= 11 is 6.35. The lowest BCUT2D eigenvalue weighted by Gasteiger charge is -2.36. The molecule has 2 N–H and O–H groups in total. The number of ketones is 1. The largest absolute Gasteiger partial charge is 0.424 e. The Hall–Kier alpha value is -2.61. The number of Topliss-reactive ketones (excluding diaryl/α,β-unsaturated/α-hetero) is 1. The Morgan fingerprint density at radius 2 is 1.90 bits per heavy atom. The number of halogens is 1. The van der Waals surface area contributed by atoms with Crippen molar-refractivity contribution in [2.45, 2.75) is 57.7 Å². The Morgan fingerprint density at radius 1 is 1.17 bits per heavy atom. The molecule has 0 unspecified atom stereocenters. The molecule has 0 saturated heterocycles. The molecule has 0 heterocycles. The molecule has 30 heavy (non-hydrogen) atoms. The van der Waals surface area contributed by atoms with Crippen LogP contribution in [0.5, 0.6) is 0 Å². The number of benzene rings is 1. The zero-order chi connectivity index (χ0) is 22.1. The van der Waals surface area contributed by atoms with Crippen molar-refractivity contribution in [1.82, 2.24) is 10.6 Å². The van der Waals surface area contributed by atoms with Crippen molar-refractivity contribution in [3.05, 3.63) is 34.9 Å². The molecule has 2 atom stereocenters. The molecule has 1 fully saturated rings. The molecule has 1 aromatic carbocycles. The van der Waals surface area contributed by atoms with E-state index in [0.717, 1.165) is 12.8 Å². The van der Waals surface area contributed by atoms with Gasteiger partial charge in [-0.25, -0.2) is 4.79 Å². The minimum absolute atomic E-state index is 0.0216. The summed E-state index contributed by atoms with van der Waals surface area (Å²) in [6.45, 7) is 2.76. The molecular formula is C21H27ClN2O6. The van der Waals surface area contributed by atoms with Gasteiger partial charge in [0.2, 0.25) is 12.2 Å². The van der Waals surface area contributed by atoms with Gasteiger partial charge in [-0.05, 0) is 24.5 Å². The minimum Gasteiger partial charge on any atom is -0.424 e. The molecule has 1 aliphatic carbocycles. The average molecular weight is 439 g/mol. The van der Waals surface area contributed by atoms with Crippen molar-refractivity contribution in [2.24, 2.45) is 0 Å². The Balaban J connectivity index is 1.95. The van der Waals surface area contributed by atoms with Gasteiger partial charge >= 0.3 is 12.1 Å². The fraction of sp³-hybridized carbons (Fsp3) is 0.524. The highest BCUT2D eigenvalue weighted by Gasteiger charge is 2.43. The number of rotatable bonds is 8. The summed E-state index contributed by atoms with van der Waals surface area (Å²) in [7, 11) is 0. The zero-order valence-electron chi connectivity index (χ0n) is 17.2. The standard InChI is InChI=1S/C21H27ClN2O6/c1-3-18(26)23-12-19(27)29-14(2)30-20(28)24-13-21(11-7-6-10-17(21)25)15-8-4-5-9-16(15)22/h4-5,8-9,14H,3,6-7,10-13H2,1-2H3,(H,23,26)(H,24,28)/t14-,21+/m0/s1. The van der Waals surface area contributed by atoms with E-state index in [1.807, 2.05) is 6.07 Å². The SMILES string of the molecule is CCC(=O)NCC(=O)O[C@H](C)OC(=O)NC[C@@]1(c2ccccc2Cl)CCCCC1=O. The van der Waals surface area contributed by atoms with Gasteiger partial charge in [0, 0.05) is 31.3 Å². The molecule has 0 aromatic heterocycles. The Bertz CT molecular complexity index is 799. The summed E-state index contributed by atoms with van der Waals surface area (Å²) < 4.78 is 9.97. The van der Waals surface area contributed by atoms with Crippen LogP contribution in [0.4, 0.5) is 4.79 Å². The molecule has 0 bridgehead atoms. The Morgan fingerprint density at radius 3 is 2.57 bits per heavy atom. The van der Waals surface area contributed by atoms with E-state index in [9.17, 15) is 19.2 Å². The maximum atomic E-state index is 12.8. The molecule has 8 nitrogen and oxygen atoms in total. The minimum atomic E-state index is -1.16. The molecule has 1 aliphatic rings. The van der Waals surface area contributed by atoms with Gasteiger partial charge < -0.3 is 20.1 Å². The topological polar surface area (TPSA) is 111 Å². The number of hydrogen-bond acceptors (Lipinski definition) is 6. The van der Waals surface area contributed by atoms with E-state index in [1.54, 1.807) is 25.1 Å². The first-order valence-electron chi connectivity index (χ1n) is 9.97. The van der Waals surface area contributed by atoms with Crippen LogP contribution in [0.25, 0.3) is 0 Å². The first kappa shape index (κ1) is 23.7. The quantitative estimate of drug-likeness (QED) is 0.477. The normalized spacial score (nSPS) is 19.5. The Labute approximate surface area is 180 Å². The molecule has 1 saturated carbocycles. The van der Waals surface area contributed by atoms with Crippen LogP contribution in [0.3, 0.4) is 0 Å². The van der Waals surface area contributed by atoms with Crippen LogP contribution < -0.4 is 10.6 Å². The highest BCUT2D eigenvalue weighted by molar-refractivity contribution is 6.31. The van der Waals surface area contributed by atoms with Crippen LogP contribution in [-0.4, -0.2) is 43.1 Å². The number of esters is 1. The molecule has 2 amide bonds. The average Bonchev–Trinajstić information content (AvgIpc) is 2.72.